The van der Waals surface area contributed by atoms with Gasteiger partial charge in [-0.1, -0.05) is 23.7 Å². The second-order valence-electron chi connectivity index (χ2n) is 3.14. The van der Waals surface area contributed by atoms with Crippen LogP contribution in [0.5, 0.6) is 0 Å². The Balaban J connectivity index is 2.33. The van der Waals surface area contributed by atoms with Gasteiger partial charge in [0.25, 0.3) is 10.0 Å². The third-order valence-corrected chi connectivity index (χ3v) is 5.71. The second kappa shape index (κ2) is 4.97. The highest BCUT2D eigenvalue weighted by molar-refractivity contribution is 9.10. The molecule has 2 rings (SSSR count). The van der Waals surface area contributed by atoms with Gasteiger partial charge in [0, 0.05) is 4.47 Å². The van der Waals surface area contributed by atoms with Crippen molar-refractivity contribution < 1.29 is 8.42 Å². The SMILES string of the molecule is O=S(=O)(Nc1ccccc1Br)c1ccc(Cl)s1. The predicted octanol–water partition coefficient (Wildman–Crippen LogP) is 3.96. The standard InChI is InChI=1S/C10H7BrClNO2S2/c11-7-3-1-2-4-8(7)13-17(14,15)10-6-5-9(12)16-10/h1-6,13H. The van der Waals surface area contributed by atoms with E-state index in [-0.39, 0.29) is 4.21 Å². The van der Waals surface area contributed by atoms with Gasteiger partial charge in [0.1, 0.15) is 4.21 Å². The first-order valence-corrected chi connectivity index (χ1v) is 7.99. The summed E-state index contributed by atoms with van der Waals surface area (Å²) in [6.45, 7) is 0. The van der Waals surface area contributed by atoms with Crippen molar-refractivity contribution in [1.82, 2.24) is 0 Å². The molecule has 1 aromatic carbocycles. The van der Waals surface area contributed by atoms with Crippen LogP contribution in [0.25, 0.3) is 0 Å². The molecule has 7 heteroatoms. The first-order valence-electron chi connectivity index (χ1n) is 4.52. The lowest BCUT2D eigenvalue weighted by molar-refractivity contribution is 0.603. The largest absolute Gasteiger partial charge is 0.278 e. The van der Waals surface area contributed by atoms with Crippen molar-refractivity contribution in [1.29, 1.82) is 0 Å². The molecule has 0 atom stereocenters. The van der Waals surface area contributed by atoms with E-state index in [1.807, 2.05) is 6.07 Å². The number of sulfonamides is 1. The third kappa shape index (κ3) is 3.01. The Morgan fingerprint density at radius 1 is 1.18 bits per heavy atom. The van der Waals surface area contributed by atoms with E-state index in [4.69, 9.17) is 11.6 Å². The van der Waals surface area contributed by atoms with E-state index in [0.29, 0.717) is 14.5 Å². The molecule has 0 unspecified atom stereocenters. The molecule has 3 nitrogen and oxygen atoms in total. The molecule has 1 aromatic heterocycles. The zero-order valence-corrected chi connectivity index (χ0v) is 12.3. The van der Waals surface area contributed by atoms with Gasteiger partial charge in [0.05, 0.1) is 10.0 Å². The zero-order chi connectivity index (χ0) is 12.5. The molecule has 1 N–H and O–H groups in total. The Hall–Kier alpha value is -0.560. The summed E-state index contributed by atoms with van der Waals surface area (Å²) in [7, 11) is -3.56. The van der Waals surface area contributed by atoms with Crippen molar-refractivity contribution in [3.63, 3.8) is 0 Å². The fraction of sp³-hybridized carbons (Fsp3) is 0. The fourth-order valence-corrected chi connectivity index (χ4v) is 4.26. The first kappa shape index (κ1) is 12.9. The van der Waals surface area contributed by atoms with Crippen LogP contribution in [0.3, 0.4) is 0 Å². The van der Waals surface area contributed by atoms with Crippen LogP contribution in [0.2, 0.25) is 4.34 Å². The number of hydrogen-bond acceptors (Lipinski definition) is 3. The minimum atomic E-state index is -3.56. The van der Waals surface area contributed by atoms with Gasteiger partial charge in [-0.2, -0.15) is 0 Å². The van der Waals surface area contributed by atoms with Crippen LogP contribution in [-0.2, 0) is 10.0 Å². The summed E-state index contributed by atoms with van der Waals surface area (Å²) < 4.78 is 27.8. The lowest BCUT2D eigenvalue weighted by Crippen LogP contribution is -2.11. The molecular weight excluding hydrogens is 346 g/mol. The summed E-state index contributed by atoms with van der Waals surface area (Å²) in [6.07, 6.45) is 0. The van der Waals surface area contributed by atoms with Gasteiger partial charge in [-0.3, -0.25) is 4.72 Å². The minimum absolute atomic E-state index is 0.193. The summed E-state index contributed by atoms with van der Waals surface area (Å²) in [5, 5.41) is 0. The number of para-hydroxylation sites is 1. The molecule has 0 spiro atoms. The van der Waals surface area contributed by atoms with Crippen LogP contribution < -0.4 is 4.72 Å². The van der Waals surface area contributed by atoms with Gasteiger partial charge in [-0.15, -0.1) is 11.3 Å². The van der Waals surface area contributed by atoms with Gasteiger partial charge < -0.3 is 0 Å². The van der Waals surface area contributed by atoms with E-state index in [2.05, 4.69) is 20.7 Å². The van der Waals surface area contributed by atoms with Crippen molar-refractivity contribution >= 4 is 54.6 Å². The third-order valence-electron chi connectivity index (χ3n) is 1.93. The van der Waals surface area contributed by atoms with Crippen LogP contribution in [0.1, 0.15) is 0 Å². The Morgan fingerprint density at radius 3 is 2.47 bits per heavy atom. The molecule has 0 saturated carbocycles. The van der Waals surface area contributed by atoms with Gasteiger partial charge in [-0.25, -0.2) is 8.42 Å². The molecule has 0 fully saturated rings. The number of hydrogen-bond donors (Lipinski definition) is 1. The van der Waals surface area contributed by atoms with E-state index in [0.717, 1.165) is 11.3 Å². The van der Waals surface area contributed by atoms with Crippen molar-refractivity contribution in [2.75, 3.05) is 4.72 Å². The van der Waals surface area contributed by atoms with E-state index < -0.39 is 10.0 Å². The molecule has 0 amide bonds. The molecule has 0 aliphatic rings. The van der Waals surface area contributed by atoms with Crippen LogP contribution in [0.15, 0.2) is 45.1 Å². The van der Waals surface area contributed by atoms with Crippen molar-refractivity contribution in [2.24, 2.45) is 0 Å². The Bertz CT molecular complexity index is 639. The van der Waals surface area contributed by atoms with Gasteiger partial charge in [0.2, 0.25) is 0 Å². The smallest absolute Gasteiger partial charge is 0.271 e. The molecule has 90 valence electrons. The number of halogens is 2. The van der Waals surface area contributed by atoms with E-state index in [9.17, 15) is 8.42 Å². The summed E-state index contributed by atoms with van der Waals surface area (Å²) in [5.74, 6) is 0. The topological polar surface area (TPSA) is 46.2 Å². The first-order chi connectivity index (χ1) is 7.99. The van der Waals surface area contributed by atoms with E-state index in [1.54, 1.807) is 24.3 Å². The zero-order valence-electron chi connectivity index (χ0n) is 8.35. The van der Waals surface area contributed by atoms with Crippen molar-refractivity contribution in [2.45, 2.75) is 4.21 Å². The van der Waals surface area contributed by atoms with Gasteiger partial charge in [0.15, 0.2) is 0 Å². The molecule has 17 heavy (non-hydrogen) atoms. The molecular formula is C10H7BrClNO2S2. The van der Waals surface area contributed by atoms with Crippen LogP contribution in [-0.4, -0.2) is 8.42 Å². The summed E-state index contributed by atoms with van der Waals surface area (Å²) in [5.41, 5.74) is 0.497. The molecule has 1 heterocycles. The van der Waals surface area contributed by atoms with Crippen LogP contribution >= 0.6 is 38.9 Å². The number of rotatable bonds is 3. The molecule has 0 bridgehead atoms. The van der Waals surface area contributed by atoms with Gasteiger partial charge >= 0.3 is 0 Å². The number of thiophene rings is 1. The molecule has 2 aromatic rings. The summed E-state index contributed by atoms with van der Waals surface area (Å²) in [4.78, 5) is 0. The Kier molecular flexibility index (Phi) is 3.77. The average Bonchev–Trinajstić information content (AvgIpc) is 2.69. The van der Waals surface area contributed by atoms with E-state index >= 15 is 0 Å². The number of nitrogens with one attached hydrogen (secondary N) is 1. The highest BCUT2D eigenvalue weighted by Gasteiger charge is 2.17. The average molecular weight is 353 g/mol. The van der Waals surface area contributed by atoms with Gasteiger partial charge in [-0.05, 0) is 40.2 Å². The van der Waals surface area contributed by atoms with E-state index in [1.165, 1.54) is 6.07 Å². The quantitative estimate of drug-likeness (QED) is 0.908. The Morgan fingerprint density at radius 2 is 1.88 bits per heavy atom. The number of benzene rings is 1. The minimum Gasteiger partial charge on any atom is -0.278 e. The number of anilines is 1. The predicted molar refractivity (Wildman–Crippen MR) is 74.3 cm³/mol. The normalized spacial score (nSPS) is 11.4. The highest BCUT2D eigenvalue weighted by Crippen LogP contribution is 2.29. The maximum absolute atomic E-state index is 12.0. The molecule has 0 aliphatic heterocycles. The summed E-state index contributed by atoms with van der Waals surface area (Å²) in [6, 6.07) is 10.0. The van der Waals surface area contributed by atoms with Crippen LogP contribution in [0.4, 0.5) is 5.69 Å². The highest BCUT2D eigenvalue weighted by atomic mass is 79.9. The Labute approximate surface area is 117 Å². The molecule has 0 saturated heterocycles. The lowest BCUT2D eigenvalue weighted by atomic mass is 10.3. The second-order valence-corrected chi connectivity index (χ2v) is 7.62. The molecule has 0 radical (unpaired) electrons. The fourth-order valence-electron chi connectivity index (χ4n) is 1.18. The monoisotopic (exact) mass is 351 g/mol. The molecule has 0 aliphatic carbocycles. The maximum Gasteiger partial charge on any atom is 0.271 e. The van der Waals surface area contributed by atoms with Crippen molar-refractivity contribution in [3.05, 3.63) is 45.2 Å². The summed E-state index contributed by atoms with van der Waals surface area (Å²) >= 11 is 10.0. The van der Waals surface area contributed by atoms with Crippen LogP contribution in [0, 0.1) is 0 Å². The lowest BCUT2D eigenvalue weighted by Gasteiger charge is -2.07. The maximum atomic E-state index is 12.0. The van der Waals surface area contributed by atoms with Crippen molar-refractivity contribution in [3.8, 4) is 0 Å².